The van der Waals surface area contributed by atoms with Crippen LogP contribution in [0.5, 0.6) is 0 Å². The van der Waals surface area contributed by atoms with Crippen LogP contribution in [0.1, 0.15) is 25.6 Å². The van der Waals surface area contributed by atoms with Crippen molar-refractivity contribution in [3.05, 3.63) is 11.9 Å². The van der Waals surface area contributed by atoms with Crippen LogP contribution in [0.15, 0.2) is 6.20 Å². The van der Waals surface area contributed by atoms with Gasteiger partial charge in [0, 0.05) is 7.05 Å². The van der Waals surface area contributed by atoms with Crippen molar-refractivity contribution in [1.29, 1.82) is 0 Å². The molecule has 0 saturated carbocycles. The third-order valence-corrected chi connectivity index (χ3v) is 1.70. The van der Waals surface area contributed by atoms with E-state index in [9.17, 15) is 5.11 Å². The molecule has 1 heterocycles. The number of hydrogen-bond donors (Lipinski definition) is 2. The summed E-state index contributed by atoms with van der Waals surface area (Å²) in [5.41, 5.74) is 5.36. The van der Waals surface area contributed by atoms with E-state index < -0.39 is 11.6 Å². The molecule has 5 heteroatoms. The summed E-state index contributed by atoms with van der Waals surface area (Å²) in [6.07, 6.45) is 1.56. The Morgan fingerprint density at radius 3 is 2.58 bits per heavy atom. The maximum atomic E-state index is 9.55. The van der Waals surface area contributed by atoms with Gasteiger partial charge in [-0.3, -0.25) is 0 Å². The Morgan fingerprint density at radius 1 is 1.67 bits per heavy atom. The van der Waals surface area contributed by atoms with Crippen LogP contribution in [-0.2, 0) is 7.05 Å². The van der Waals surface area contributed by atoms with E-state index in [2.05, 4.69) is 10.2 Å². The van der Waals surface area contributed by atoms with E-state index in [1.54, 1.807) is 27.1 Å². The van der Waals surface area contributed by atoms with E-state index in [4.69, 9.17) is 5.73 Å². The third kappa shape index (κ3) is 1.80. The van der Waals surface area contributed by atoms with Gasteiger partial charge in [-0.1, -0.05) is 0 Å². The summed E-state index contributed by atoms with van der Waals surface area (Å²) in [7, 11) is 1.71. The largest absolute Gasteiger partial charge is 0.388 e. The summed E-state index contributed by atoms with van der Waals surface area (Å²) >= 11 is 0. The third-order valence-electron chi connectivity index (χ3n) is 1.70. The van der Waals surface area contributed by atoms with E-state index in [0.717, 1.165) is 0 Å². The van der Waals surface area contributed by atoms with Crippen LogP contribution in [0.4, 0.5) is 0 Å². The quantitative estimate of drug-likeness (QED) is 0.632. The van der Waals surface area contributed by atoms with E-state index in [0.29, 0.717) is 5.69 Å². The number of aromatic nitrogens is 3. The summed E-state index contributed by atoms with van der Waals surface area (Å²) < 4.78 is 0. The fraction of sp³-hybridized carbons (Fsp3) is 0.714. The van der Waals surface area contributed by atoms with E-state index in [1.807, 2.05) is 0 Å². The summed E-state index contributed by atoms with van der Waals surface area (Å²) in [4.78, 5) is 1.42. The second-order valence-corrected chi connectivity index (χ2v) is 3.39. The first-order valence-electron chi connectivity index (χ1n) is 3.75. The van der Waals surface area contributed by atoms with Gasteiger partial charge in [-0.15, -0.1) is 0 Å². The molecule has 0 aliphatic rings. The molecule has 0 bridgehead atoms. The van der Waals surface area contributed by atoms with Crippen LogP contribution in [-0.4, -0.2) is 25.7 Å². The summed E-state index contributed by atoms with van der Waals surface area (Å²) in [5, 5.41) is 17.4. The second-order valence-electron chi connectivity index (χ2n) is 3.39. The number of nitrogens with two attached hydrogens (primary N) is 1. The van der Waals surface area contributed by atoms with Crippen molar-refractivity contribution >= 4 is 0 Å². The van der Waals surface area contributed by atoms with Crippen molar-refractivity contribution in [2.45, 2.75) is 25.5 Å². The van der Waals surface area contributed by atoms with Crippen molar-refractivity contribution in [1.82, 2.24) is 15.0 Å². The van der Waals surface area contributed by atoms with E-state index in [-0.39, 0.29) is 0 Å². The number of nitrogens with zero attached hydrogens (tertiary/aromatic N) is 3. The predicted molar refractivity (Wildman–Crippen MR) is 44.2 cm³/mol. The van der Waals surface area contributed by atoms with Crippen molar-refractivity contribution in [2.24, 2.45) is 12.8 Å². The van der Waals surface area contributed by atoms with Crippen LogP contribution < -0.4 is 5.73 Å². The Labute approximate surface area is 71.2 Å². The lowest BCUT2D eigenvalue weighted by atomic mass is 9.98. The fourth-order valence-corrected chi connectivity index (χ4v) is 0.866. The zero-order valence-electron chi connectivity index (χ0n) is 7.52. The van der Waals surface area contributed by atoms with Gasteiger partial charge in [-0.05, 0) is 13.8 Å². The van der Waals surface area contributed by atoms with Crippen LogP contribution in [0.2, 0.25) is 0 Å². The molecule has 0 aliphatic carbocycles. The number of aliphatic hydroxyl groups is 1. The number of hydrogen-bond acceptors (Lipinski definition) is 4. The molecule has 1 unspecified atom stereocenters. The minimum Gasteiger partial charge on any atom is -0.388 e. The highest BCUT2D eigenvalue weighted by molar-refractivity contribution is 5.04. The maximum Gasteiger partial charge on any atom is 0.102 e. The van der Waals surface area contributed by atoms with Gasteiger partial charge in [-0.25, -0.2) is 0 Å². The maximum absolute atomic E-state index is 9.55. The molecule has 0 aliphatic heterocycles. The summed E-state index contributed by atoms with van der Waals surface area (Å²) in [5.74, 6) is 0. The lowest BCUT2D eigenvalue weighted by molar-refractivity contribution is 0.0501. The van der Waals surface area contributed by atoms with Gasteiger partial charge in [0.2, 0.25) is 0 Å². The van der Waals surface area contributed by atoms with Crippen molar-refractivity contribution < 1.29 is 5.11 Å². The van der Waals surface area contributed by atoms with Gasteiger partial charge < -0.3 is 10.8 Å². The average Bonchev–Trinajstić information content (AvgIpc) is 2.32. The van der Waals surface area contributed by atoms with Crippen LogP contribution >= 0.6 is 0 Å². The molecule has 1 aromatic rings. The molecule has 0 aromatic carbocycles. The fourth-order valence-electron chi connectivity index (χ4n) is 0.866. The molecular weight excluding hydrogens is 156 g/mol. The lowest BCUT2D eigenvalue weighted by Crippen LogP contribution is -2.35. The Hall–Kier alpha value is -0.940. The summed E-state index contributed by atoms with van der Waals surface area (Å²) in [6.45, 7) is 3.29. The Morgan fingerprint density at radius 2 is 2.25 bits per heavy atom. The Bertz CT molecular complexity index is 263. The smallest absolute Gasteiger partial charge is 0.102 e. The molecular formula is C7H14N4O. The molecule has 1 aromatic heterocycles. The molecule has 12 heavy (non-hydrogen) atoms. The lowest BCUT2D eigenvalue weighted by Gasteiger charge is -2.23. The molecule has 68 valence electrons. The minimum absolute atomic E-state index is 0.494. The van der Waals surface area contributed by atoms with Crippen LogP contribution in [0.3, 0.4) is 0 Å². The molecule has 1 rings (SSSR count). The van der Waals surface area contributed by atoms with Gasteiger partial charge in [0.05, 0.1) is 17.8 Å². The van der Waals surface area contributed by atoms with Gasteiger partial charge in [0.25, 0.3) is 0 Å². The topological polar surface area (TPSA) is 77.0 Å². The SMILES string of the molecule is Cn1ncc(C(N)C(C)(C)O)n1. The molecule has 0 fully saturated rings. The zero-order valence-corrected chi connectivity index (χ0v) is 7.52. The van der Waals surface area contributed by atoms with Gasteiger partial charge in [0.1, 0.15) is 5.69 Å². The minimum atomic E-state index is -0.962. The first kappa shape index (κ1) is 9.15. The van der Waals surface area contributed by atoms with Crippen molar-refractivity contribution in [3.8, 4) is 0 Å². The second kappa shape index (κ2) is 2.84. The standard InChI is InChI=1S/C7H14N4O/c1-7(2,12)6(8)5-4-9-11(3)10-5/h4,6,12H,8H2,1-3H3. The molecule has 0 spiro atoms. The highest BCUT2D eigenvalue weighted by Gasteiger charge is 2.26. The predicted octanol–water partition coefficient (Wildman–Crippen LogP) is -0.414. The zero-order chi connectivity index (χ0) is 9.35. The van der Waals surface area contributed by atoms with Crippen LogP contribution in [0.25, 0.3) is 0 Å². The summed E-state index contributed by atoms with van der Waals surface area (Å²) in [6, 6.07) is -0.494. The van der Waals surface area contributed by atoms with Gasteiger partial charge in [-0.2, -0.15) is 15.0 Å². The monoisotopic (exact) mass is 170 g/mol. The highest BCUT2D eigenvalue weighted by atomic mass is 16.3. The Kier molecular flexibility index (Phi) is 2.16. The molecule has 5 nitrogen and oxygen atoms in total. The molecule has 1 atom stereocenters. The molecule has 0 saturated heterocycles. The van der Waals surface area contributed by atoms with Crippen molar-refractivity contribution in [2.75, 3.05) is 0 Å². The van der Waals surface area contributed by atoms with Crippen molar-refractivity contribution in [3.63, 3.8) is 0 Å². The van der Waals surface area contributed by atoms with E-state index >= 15 is 0 Å². The van der Waals surface area contributed by atoms with Gasteiger partial charge >= 0.3 is 0 Å². The highest BCUT2D eigenvalue weighted by Crippen LogP contribution is 2.19. The average molecular weight is 170 g/mol. The molecule has 0 radical (unpaired) electrons. The number of rotatable bonds is 2. The van der Waals surface area contributed by atoms with Crippen LogP contribution in [0, 0.1) is 0 Å². The van der Waals surface area contributed by atoms with Gasteiger partial charge in [0.15, 0.2) is 0 Å². The molecule has 3 N–H and O–H groups in total. The first-order valence-corrected chi connectivity index (χ1v) is 3.75. The Balaban J connectivity index is 2.85. The molecule has 0 amide bonds. The number of aryl methyl sites for hydroxylation is 1. The normalized spacial score (nSPS) is 14.8. The first-order chi connectivity index (χ1) is 5.41. The van der Waals surface area contributed by atoms with E-state index in [1.165, 1.54) is 4.80 Å².